The minimum absolute atomic E-state index is 0.274. The monoisotopic (exact) mass is 374 g/mol. The molecule has 28 heavy (non-hydrogen) atoms. The van der Waals surface area contributed by atoms with E-state index < -0.39 is 0 Å². The summed E-state index contributed by atoms with van der Waals surface area (Å²) in [6, 6.07) is 15.7. The van der Waals surface area contributed by atoms with Crippen molar-refractivity contribution in [3.05, 3.63) is 66.5 Å². The van der Waals surface area contributed by atoms with Crippen LogP contribution in [-0.2, 0) is 6.54 Å². The van der Waals surface area contributed by atoms with Gasteiger partial charge in [-0.1, -0.05) is 24.3 Å². The van der Waals surface area contributed by atoms with Crippen LogP contribution in [0.2, 0.25) is 0 Å². The van der Waals surface area contributed by atoms with Crippen LogP contribution in [0.3, 0.4) is 0 Å². The first-order valence-electron chi connectivity index (χ1n) is 8.92. The summed E-state index contributed by atoms with van der Waals surface area (Å²) in [5.41, 5.74) is 3.73. The van der Waals surface area contributed by atoms with Crippen LogP contribution in [-0.4, -0.2) is 28.5 Å². The molecule has 0 bridgehead atoms. The van der Waals surface area contributed by atoms with Gasteiger partial charge in [0.15, 0.2) is 17.1 Å². The van der Waals surface area contributed by atoms with Gasteiger partial charge in [0.25, 0.3) is 0 Å². The van der Waals surface area contributed by atoms with Crippen molar-refractivity contribution in [1.29, 1.82) is 0 Å². The van der Waals surface area contributed by atoms with Gasteiger partial charge < -0.3 is 19.5 Å². The van der Waals surface area contributed by atoms with E-state index in [0.29, 0.717) is 6.54 Å². The second-order valence-electron chi connectivity index (χ2n) is 6.37. The van der Waals surface area contributed by atoms with Gasteiger partial charge >= 0.3 is 0 Å². The van der Waals surface area contributed by atoms with Gasteiger partial charge in [-0.05, 0) is 29.8 Å². The lowest BCUT2D eigenvalue weighted by molar-refractivity contribution is 0.174. The van der Waals surface area contributed by atoms with Gasteiger partial charge in [-0.15, -0.1) is 0 Å². The minimum Gasteiger partial charge on any atom is -0.496 e. The number of aromatic nitrogens is 3. The summed E-state index contributed by atoms with van der Waals surface area (Å²) in [4.78, 5) is 4.52. The van der Waals surface area contributed by atoms with E-state index in [9.17, 15) is 0 Å². The van der Waals surface area contributed by atoms with Crippen molar-refractivity contribution < 1.29 is 14.2 Å². The number of ether oxygens (including phenoxy) is 3. The summed E-state index contributed by atoms with van der Waals surface area (Å²) in [5.74, 6) is 3.20. The zero-order valence-corrected chi connectivity index (χ0v) is 15.3. The lowest BCUT2D eigenvalue weighted by Gasteiger charge is -2.10. The first-order valence-corrected chi connectivity index (χ1v) is 8.92. The third-order valence-electron chi connectivity index (χ3n) is 4.71. The second kappa shape index (κ2) is 6.77. The Bertz CT molecular complexity index is 1160. The van der Waals surface area contributed by atoms with Crippen LogP contribution in [0.4, 0.5) is 5.82 Å². The first-order chi connectivity index (χ1) is 13.8. The number of fused-ring (bicyclic) bond motifs is 2. The quantitative estimate of drug-likeness (QED) is 0.574. The lowest BCUT2D eigenvalue weighted by Crippen LogP contribution is -2.05. The van der Waals surface area contributed by atoms with Gasteiger partial charge in [-0.2, -0.15) is 9.61 Å². The Morgan fingerprint density at radius 2 is 1.96 bits per heavy atom. The molecule has 5 rings (SSSR count). The van der Waals surface area contributed by atoms with Crippen LogP contribution in [0.1, 0.15) is 5.56 Å². The van der Waals surface area contributed by atoms with Crippen molar-refractivity contribution in [3.8, 4) is 28.4 Å². The number of benzene rings is 2. The number of hydrogen-bond donors (Lipinski definition) is 1. The molecule has 0 amide bonds. The van der Waals surface area contributed by atoms with E-state index >= 15 is 0 Å². The van der Waals surface area contributed by atoms with Crippen molar-refractivity contribution >= 4 is 11.5 Å². The summed E-state index contributed by atoms with van der Waals surface area (Å²) in [6.07, 6.45) is 3.59. The maximum atomic E-state index is 5.49. The molecule has 0 unspecified atom stereocenters. The van der Waals surface area contributed by atoms with Crippen LogP contribution >= 0.6 is 0 Å². The van der Waals surface area contributed by atoms with Crippen LogP contribution < -0.4 is 19.5 Å². The fourth-order valence-electron chi connectivity index (χ4n) is 3.33. The molecule has 140 valence electrons. The Kier molecular flexibility index (Phi) is 3.97. The van der Waals surface area contributed by atoms with Gasteiger partial charge in [-0.3, -0.25) is 0 Å². The largest absolute Gasteiger partial charge is 0.496 e. The molecule has 0 aliphatic carbocycles. The fourth-order valence-corrected chi connectivity index (χ4v) is 3.33. The maximum Gasteiger partial charge on any atom is 0.231 e. The van der Waals surface area contributed by atoms with Crippen molar-refractivity contribution in [2.45, 2.75) is 6.54 Å². The van der Waals surface area contributed by atoms with Crippen molar-refractivity contribution in [1.82, 2.24) is 14.6 Å². The molecular formula is C21H18N4O3. The number of hydrogen-bond acceptors (Lipinski definition) is 6. The average Bonchev–Trinajstić information content (AvgIpc) is 3.38. The van der Waals surface area contributed by atoms with E-state index in [-0.39, 0.29) is 6.79 Å². The highest BCUT2D eigenvalue weighted by molar-refractivity contribution is 5.81. The maximum absolute atomic E-state index is 5.49. The Morgan fingerprint density at radius 3 is 2.89 bits per heavy atom. The molecule has 1 N–H and O–H groups in total. The summed E-state index contributed by atoms with van der Waals surface area (Å²) in [5, 5.41) is 7.95. The van der Waals surface area contributed by atoms with E-state index in [1.165, 1.54) is 0 Å². The molecule has 0 saturated carbocycles. The molecule has 0 spiro atoms. The highest BCUT2D eigenvalue weighted by atomic mass is 16.7. The third-order valence-corrected chi connectivity index (χ3v) is 4.71. The number of nitrogens with one attached hydrogen (secondary N) is 1. The number of anilines is 1. The Balaban J connectivity index is 1.45. The molecule has 0 radical (unpaired) electrons. The highest BCUT2D eigenvalue weighted by Gasteiger charge is 2.15. The first kappa shape index (κ1) is 16.4. The summed E-state index contributed by atoms with van der Waals surface area (Å²) in [7, 11) is 1.66. The van der Waals surface area contributed by atoms with Crippen molar-refractivity contribution in [2.24, 2.45) is 0 Å². The van der Waals surface area contributed by atoms with Crippen LogP contribution in [0.15, 0.2) is 60.9 Å². The van der Waals surface area contributed by atoms with E-state index in [2.05, 4.69) is 15.4 Å². The number of nitrogens with zero attached hydrogens (tertiary/aromatic N) is 3. The Morgan fingerprint density at radius 1 is 1.07 bits per heavy atom. The predicted octanol–water partition coefficient (Wildman–Crippen LogP) is 3.75. The standard InChI is InChI=1S/C21H18N4O3/c1-26-17-5-3-2-4-15(17)16-12-24-25-20(8-9-22-21(16)25)23-11-14-6-7-18-19(10-14)28-13-27-18/h2-10,12,23H,11,13H2,1H3. The minimum atomic E-state index is 0.274. The molecule has 4 aromatic rings. The molecule has 2 aromatic heterocycles. The molecule has 7 heteroatoms. The molecule has 1 aliphatic heterocycles. The molecule has 1 aliphatic rings. The van der Waals surface area contributed by atoms with Crippen LogP contribution in [0.5, 0.6) is 17.2 Å². The molecule has 2 aromatic carbocycles. The van der Waals surface area contributed by atoms with Gasteiger partial charge in [0.05, 0.1) is 18.9 Å². The fraction of sp³-hybridized carbons (Fsp3) is 0.143. The Hall–Kier alpha value is -3.74. The molecule has 7 nitrogen and oxygen atoms in total. The van der Waals surface area contributed by atoms with Crippen molar-refractivity contribution in [3.63, 3.8) is 0 Å². The SMILES string of the molecule is COc1ccccc1-c1cnn2c(NCc3ccc4c(c3)OCO4)ccnc12. The average molecular weight is 374 g/mol. The van der Waals surface area contributed by atoms with Crippen LogP contribution in [0, 0.1) is 0 Å². The summed E-state index contributed by atoms with van der Waals surface area (Å²) >= 11 is 0. The van der Waals surface area contributed by atoms with Crippen LogP contribution in [0.25, 0.3) is 16.8 Å². The molecule has 0 atom stereocenters. The lowest BCUT2D eigenvalue weighted by atomic mass is 10.1. The number of para-hydroxylation sites is 1. The van der Waals surface area contributed by atoms with Gasteiger partial charge in [0.2, 0.25) is 6.79 Å². The van der Waals surface area contributed by atoms with E-state index in [1.807, 2.05) is 54.7 Å². The van der Waals surface area contributed by atoms with E-state index in [4.69, 9.17) is 14.2 Å². The second-order valence-corrected chi connectivity index (χ2v) is 6.37. The predicted molar refractivity (Wildman–Crippen MR) is 105 cm³/mol. The van der Waals surface area contributed by atoms with Crippen molar-refractivity contribution in [2.75, 3.05) is 19.2 Å². The molecular weight excluding hydrogens is 356 g/mol. The molecule has 0 saturated heterocycles. The Labute approximate surface area is 161 Å². The number of methoxy groups -OCH3 is 1. The smallest absolute Gasteiger partial charge is 0.231 e. The highest BCUT2D eigenvalue weighted by Crippen LogP contribution is 2.34. The van der Waals surface area contributed by atoms with E-state index in [1.54, 1.807) is 17.8 Å². The molecule has 3 heterocycles. The zero-order valence-electron chi connectivity index (χ0n) is 15.3. The zero-order chi connectivity index (χ0) is 18.9. The van der Waals surface area contributed by atoms with E-state index in [0.717, 1.165) is 45.4 Å². The third kappa shape index (κ3) is 2.77. The summed E-state index contributed by atoms with van der Waals surface area (Å²) < 4.78 is 18.1. The topological polar surface area (TPSA) is 69.9 Å². The summed E-state index contributed by atoms with van der Waals surface area (Å²) in [6.45, 7) is 0.899. The van der Waals surface area contributed by atoms with Gasteiger partial charge in [0, 0.05) is 18.3 Å². The van der Waals surface area contributed by atoms with Gasteiger partial charge in [-0.25, -0.2) is 4.98 Å². The molecule has 0 fully saturated rings. The normalized spacial score (nSPS) is 12.3. The number of rotatable bonds is 5. The van der Waals surface area contributed by atoms with Gasteiger partial charge in [0.1, 0.15) is 11.6 Å².